The fourth-order valence-corrected chi connectivity index (χ4v) is 3.42. The zero-order valence-electron chi connectivity index (χ0n) is 15.4. The van der Waals surface area contributed by atoms with E-state index in [1.165, 1.54) is 22.3 Å². The Labute approximate surface area is 151 Å². The molecular formula is C24H27N. The van der Waals surface area contributed by atoms with Gasteiger partial charge in [0.15, 0.2) is 0 Å². The number of pyridine rings is 1. The molecule has 1 heteroatoms. The molecule has 1 heterocycles. The molecule has 0 fully saturated rings. The second-order valence-corrected chi connectivity index (χ2v) is 6.88. The Hall–Kier alpha value is -2.41. The minimum atomic E-state index is 0.494. The fraction of sp³-hybridized carbons (Fsp3) is 0.292. The third-order valence-electron chi connectivity index (χ3n) is 4.95. The van der Waals surface area contributed by atoms with E-state index in [1.54, 1.807) is 0 Å². The van der Waals surface area contributed by atoms with Gasteiger partial charge in [0.25, 0.3) is 0 Å². The number of benzene rings is 1. The molecule has 1 aliphatic rings. The number of hydrogen-bond acceptors (Lipinski definition) is 1. The van der Waals surface area contributed by atoms with E-state index in [0.29, 0.717) is 11.8 Å². The normalized spacial score (nSPS) is 18.4. The van der Waals surface area contributed by atoms with E-state index in [9.17, 15) is 0 Å². The van der Waals surface area contributed by atoms with Crippen LogP contribution in [-0.2, 0) is 0 Å². The van der Waals surface area contributed by atoms with Crippen LogP contribution < -0.4 is 0 Å². The molecule has 1 aliphatic carbocycles. The predicted molar refractivity (Wildman–Crippen MR) is 108 cm³/mol. The minimum Gasteiger partial charge on any atom is -0.257 e. The smallest absolute Gasteiger partial charge is 0.0670 e. The Morgan fingerprint density at radius 1 is 1.16 bits per heavy atom. The van der Waals surface area contributed by atoms with Gasteiger partial charge in [-0.15, -0.1) is 0 Å². The summed E-state index contributed by atoms with van der Waals surface area (Å²) in [7, 11) is 0. The fourth-order valence-electron chi connectivity index (χ4n) is 3.42. The highest BCUT2D eigenvalue weighted by Crippen LogP contribution is 2.36. The first-order chi connectivity index (χ1) is 12.2. The van der Waals surface area contributed by atoms with Crippen molar-refractivity contribution in [3.8, 4) is 11.1 Å². The van der Waals surface area contributed by atoms with Crippen molar-refractivity contribution in [2.75, 3.05) is 0 Å². The molecule has 0 N–H and O–H groups in total. The number of hydrogen-bond donors (Lipinski definition) is 0. The number of aryl methyl sites for hydroxylation is 1. The standard InChI is InChI=1S/C24H27N/c1-4-5-8-19(3)22-9-6-7-10-23(22)24-17-21(15-16-25-24)20-13-11-18(2)12-14-20/h5-8,10-17,19,22H,4,9H2,1-3H3. The lowest BCUT2D eigenvalue weighted by atomic mass is 9.79. The van der Waals surface area contributed by atoms with E-state index >= 15 is 0 Å². The van der Waals surface area contributed by atoms with Crippen molar-refractivity contribution >= 4 is 5.57 Å². The van der Waals surface area contributed by atoms with Crippen LogP contribution in [0.2, 0.25) is 0 Å². The van der Waals surface area contributed by atoms with Gasteiger partial charge in [0.2, 0.25) is 0 Å². The molecule has 3 rings (SSSR count). The highest BCUT2D eigenvalue weighted by molar-refractivity contribution is 5.73. The first-order valence-electron chi connectivity index (χ1n) is 9.26. The average Bonchev–Trinajstić information content (AvgIpc) is 2.67. The number of allylic oxidation sites excluding steroid dienone is 6. The second kappa shape index (κ2) is 8.11. The van der Waals surface area contributed by atoms with E-state index in [-0.39, 0.29) is 0 Å². The van der Waals surface area contributed by atoms with Gasteiger partial charge in [0.05, 0.1) is 5.69 Å². The quantitative estimate of drug-likeness (QED) is 0.562. The van der Waals surface area contributed by atoms with Crippen LogP contribution in [0.3, 0.4) is 0 Å². The van der Waals surface area contributed by atoms with Crippen molar-refractivity contribution in [1.29, 1.82) is 0 Å². The first kappa shape index (κ1) is 17.4. The van der Waals surface area contributed by atoms with Crippen molar-refractivity contribution in [3.63, 3.8) is 0 Å². The van der Waals surface area contributed by atoms with E-state index in [1.807, 2.05) is 6.20 Å². The van der Waals surface area contributed by atoms with E-state index in [2.05, 4.69) is 87.5 Å². The summed E-state index contributed by atoms with van der Waals surface area (Å²) in [6.07, 6.45) is 15.4. The van der Waals surface area contributed by atoms with Gasteiger partial charge < -0.3 is 0 Å². The molecule has 0 spiro atoms. The number of rotatable bonds is 5. The van der Waals surface area contributed by atoms with Crippen LogP contribution in [-0.4, -0.2) is 4.98 Å². The SMILES string of the molecule is CCC=CC(C)C1CC=CC=C1c1cc(-c2ccc(C)cc2)ccn1. The summed E-state index contributed by atoms with van der Waals surface area (Å²) in [5.41, 5.74) is 6.22. The zero-order valence-corrected chi connectivity index (χ0v) is 15.4. The monoisotopic (exact) mass is 329 g/mol. The molecule has 0 aliphatic heterocycles. The van der Waals surface area contributed by atoms with Crippen LogP contribution in [0.15, 0.2) is 73.0 Å². The van der Waals surface area contributed by atoms with Gasteiger partial charge in [-0.05, 0) is 60.4 Å². The van der Waals surface area contributed by atoms with Gasteiger partial charge in [-0.2, -0.15) is 0 Å². The third kappa shape index (κ3) is 4.17. The summed E-state index contributed by atoms with van der Waals surface area (Å²) in [6, 6.07) is 13.0. The Morgan fingerprint density at radius 3 is 2.72 bits per heavy atom. The number of aromatic nitrogens is 1. The van der Waals surface area contributed by atoms with Gasteiger partial charge in [-0.25, -0.2) is 0 Å². The molecule has 128 valence electrons. The minimum absolute atomic E-state index is 0.494. The molecule has 2 atom stereocenters. The summed E-state index contributed by atoms with van der Waals surface area (Å²) in [4.78, 5) is 4.69. The van der Waals surface area contributed by atoms with Crippen LogP contribution in [0.25, 0.3) is 16.7 Å². The maximum absolute atomic E-state index is 4.69. The highest BCUT2D eigenvalue weighted by atomic mass is 14.7. The first-order valence-corrected chi connectivity index (χ1v) is 9.26. The Bertz CT molecular complexity index is 793. The predicted octanol–water partition coefficient (Wildman–Crippen LogP) is 6.62. The Balaban J connectivity index is 1.93. The lowest BCUT2D eigenvalue weighted by molar-refractivity contribution is 0.528. The van der Waals surface area contributed by atoms with Crippen molar-refractivity contribution in [2.24, 2.45) is 11.8 Å². The lowest BCUT2D eigenvalue weighted by Crippen LogP contribution is -2.14. The summed E-state index contributed by atoms with van der Waals surface area (Å²) in [6.45, 7) is 6.62. The van der Waals surface area contributed by atoms with Gasteiger partial charge >= 0.3 is 0 Å². The van der Waals surface area contributed by atoms with Crippen molar-refractivity contribution in [1.82, 2.24) is 4.98 Å². The molecule has 1 nitrogen and oxygen atoms in total. The summed E-state index contributed by atoms with van der Waals surface area (Å²) < 4.78 is 0. The Kier molecular flexibility index (Phi) is 5.65. The van der Waals surface area contributed by atoms with E-state index in [0.717, 1.165) is 18.5 Å². The summed E-state index contributed by atoms with van der Waals surface area (Å²) in [5.74, 6) is 1.01. The highest BCUT2D eigenvalue weighted by Gasteiger charge is 2.22. The summed E-state index contributed by atoms with van der Waals surface area (Å²) in [5, 5.41) is 0. The molecule has 1 aromatic heterocycles. The van der Waals surface area contributed by atoms with Gasteiger partial charge in [0, 0.05) is 6.20 Å². The van der Waals surface area contributed by atoms with Crippen molar-refractivity contribution in [3.05, 3.63) is 84.2 Å². The molecule has 0 saturated carbocycles. The van der Waals surface area contributed by atoms with Crippen LogP contribution >= 0.6 is 0 Å². The zero-order chi connectivity index (χ0) is 17.6. The molecule has 0 bridgehead atoms. The topological polar surface area (TPSA) is 12.9 Å². The second-order valence-electron chi connectivity index (χ2n) is 6.88. The van der Waals surface area contributed by atoms with Crippen LogP contribution in [0.5, 0.6) is 0 Å². The molecular weight excluding hydrogens is 302 g/mol. The van der Waals surface area contributed by atoms with E-state index in [4.69, 9.17) is 4.98 Å². The molecule has 0 amide bonds. The molecule has 2 aromatic rings. The maximum Gasteiger partial charge on any atom is 0.0670 e. The van der Waals surface area contributed by atoms with Crippen LogP contribution in [0.4, 0.5) is 0 Å². The average molecular weight is 329 g/mol. The largest absolute Gasteiger partial charge is 0.257 e. The van der Waals surface area contributed by atoms with Gasteiger partial charge in [0.1, 0.15) is 0 Å². The third-order valence-corrected chi connectivity index (χ3v) is 4.95. The maximum atomic E-state index is 4.69. The van der Waals surface area contributed by atoms with Crippen LogP contribution in [0, 0.1) is 18.8 Å². The van der Waals surface area contributed by atoms with Crippen molar-refractivity contribution < 1.29 is 0 Å². The van der Waals surface area contributed by atoms with E-state index < -0.39 is 0 Å². The molecule has 25 heavy (non-hydrogen) atoms. The van der Waals surface area contributed by atoms with Gasteiger partial charge in [-0.3, -0.25) is 4.98 Å². The molecule has 1 aromatic carbocycles. The molecule has 0 radical (unpaired) electrons. The van der Waals surface area contributed by atoms with Crippen LogP contribution in [0.1, 0.15) is 37.9 Å². The lowest BCUT2D eigenvalue weighted by Gasteiger charge is -2.25. The molecule has 2 unspecified atom stereocenters. The number of nitrogens with zero attached hydrogens (tertiary/aromatic N) is 1. The molecule has 0 saturated heterocycles. The summed E-state index contributed by atoms with van der Waals surface area (Å²) >= 11 is 0. The van der Waals surface area contributed by atoms with Gasteiger partial charge in [-0.1, -0.05) is 74.1 Å². The van der Waals surface area contributed by atoms with Crippen molar-refractivity contribution in [2.45, 2.75) is 33.6 Å². The Morgan fingerprint density at radius 2 is 1.96 bits per heavy atom.